The normalized spacial score (nSPS) is 39.5. The molecule has 1 spiro atoms. The number of ether oxygens (including phenoxy) is 1. The van der Waals surface area contributed by atoms with E-state index in [9.17, 15) is 0 Å². The quantitative estimate of drug-likeness (QED) is 0.616. The molecule has 2 aliphatic heterocycles. The molecule has 0 amide bonds. The number of hydrogen-bond acceptors (Lipinski definition) is 4. The van der Waals surface area contributed by atoms with Crippen LogP contribution in [0.4, 0.5) is 0 Å². The maximum absolute atomic E-state index is 5.54. The van der Waals surface area contributed by atoms with Crippen molar-refractivity contribution < 1.29 is 4.74 Å². The van der Waals surface area contributed by atoms with Gasteiger partial charge >= 0.3 is 0 Å². The van der Waals surface area contributed by atoms with Crippen molar-refractivity contribution in [2.75, 3.05) is 19.7 Å². The van der Waals surface area contributed by atoms with Crippen molar-refractivity contribution in [1.82, 2.24) is 4.90 Å². The Morgan fingerprint density at radius 1 is 1.54 bits per heavy atom. The van der Waals surface area contributed by atoms with Crippen molar-refractivity contribution in [3.63, 3.8) is 0 Å². The molecule has 0 radical (unpaired) electrons. The third-order valence-corrected chi connectivity index (χ3v) is 3.26. The molecule has 4 heteroatoms. The fourth-order valence-electron chi connectivity index (χ4n) is 2.35. The fraction of sp³-hybridized carbons (Fsp3) is 0.889. The minimum Gasteiger partial charge on any atom is -0.463 e. The molecule has 2 heterocycles. The topological polar surface area (TPSA) is 50.8 Å². The number of aliphatic imine (C=N–C) groups is 1. The Morgan fingerprint density at radius 3 is 3.00 bits per heavy atom. The van der Waals surface area contributed by atoms with Gasteiger partial charge in [0.2, 0.25) is 0 Å². The summed E-state index contributed by atoms with van der Waals surface area (Å²) in [6, 6.07) is 1.23. The monoisotopic (exact) mass is 181 g/mol. The number of likely N-dealkylation sites (tertiary alicyclic amines) is 1. The molecule has 1 saturated heterocycles. The van der Waals surface area contributed by atoms with E-state index in [1.165, 1.54) is 19.4 Å². The van der Waals surface area contributed by atoms with Crippen LogP contribution in [0, 0.1) is 0 Å². The van der Waals surface area contributed by atoms with Gasteiger partial charge in [-0.1, -0.05) is 0 Å². The van der Waals surface area contributed by atoms with Crippen LogP contribution < -0.4 is 5.73 Å². The van der Waals surface area contributed by atoms with E-state index in [-0.39, 0.29) is 5.54 Å². The van der Waals surface area contributed by atoms with E-state index in [0.29, 0.717) is 12.6 Å². The summed E-state index contributed by atoms with van der Waals surface area (Å²) in [5, 5.41) is 0. The Labute approximate surface area is 77.7 Å². The van der Waals surface area contributed by atoms with Gasteiger partial charge in [0.25, 0.3) is 6.02 Å². The first kappa shape index (κ1) is 7.62. The standard InChI is InChI=1S/C9H15N3O/c10-8-11-9(6-13-8)3-4-12(5-9)7-1-2-7/h7H,1-6H2,(H2,10,11). The van der Waals surface area contributed by atoms with Crippen molar-refractivity contribution in [3.05, 3.63) is 0 Å². The first-order valence-electron chi connectivity index (χ1n) is 5.00. The molecule has 3 aliphatic rings. The molecule has 2 N–H and O–H groups in total. The molecular formula is C9H15N3O. The molecule has 0 aromatic heterocycles. The molecular weight excluding hydrogens is 166 g/mol. The molecule has 3 rings (SSSR count). The smallest absolute Gasteiger partial charge is 0.282 e. The van der Waals surface area contributed by atoms with Crippen LogP contribution in [0.25, 0.3) is 0 Å². The second kappa shape index (κ2) is 2.38. The molecule has 1 saturated carbocycles. The molecule has 72 valence electrons. The van der Waals surface area contributed by atoms with Crippen molar-refractivity contribution in [1.29, 1.82) is 0 Å². The van der Waals surface area contributed by atoms with E-state index < -0.39 is 0 Å². The predicted molar refractivity (Wildman–Crippen MR) is 49.5 cm³/mol. The van der Waals surface area contributed by atoms with Crippen LogP contribution in [0.5, 0.6) is 0 Å². The lowest BCUT2D eigenvalue weighted by atomic mass is 10.0. The van der Waals surface area contributed by atoms with Crippen molar-refractivity contribution >= 4 is 6.02 Å². The van der Waals surface area contributed by atoms with Gasteiger partial charge < -0.3 is 10.5 Å². The average Bonchev–Trinajstić information content (AvgIpc) is 2.80. The fourth-order valence-corrected chi connectivity index (χ4v) is 2.35. The van der Waals surface area contributed by atoms with Gasteiger partial charge in [-0.3, -0.25) is 4.90 Å². The van der Waals surface area contributed by atoms with Crippen molar-refractivity contribution in [2.24, 2.45) is 10.7 Å². The third-order valence-electron chi connectivity index (χ3n) is 3.26. The summed E-state index contributed by atoms with van der Waals surface area (Å²) >= 11 is 0. The van der Waals surface area contributed by atoms with Gasteiger partial charge in [-0.2, -0.15) is 0 Å². The van der Waals surface area contributed by atoms with Gasteiger partial charge in [0.15, 0.2) is 0 Å². The van der Waals surface area contributed by atoms with Gasteiger partial charge in [0.05, 0.1) is 0 Å². The van der Waals surface area contributed by atoms with Crippen LogP contribution in [0.15, 0.2) is 4.99 Å². The van der Waals surface area contributed by atoms with E-state index in [4.69, 9.17) is 10.5 Å². The zero-order valence-corrected chi connectivity index (χ0v) is 7.70. The molecule has 1 unspecified atom stereocenters. The van der Waals surface area contributed by atoms with Gasteiger partial charge in [-0.05, 0) is 19.3 Å². The second-order valence-corrected chi connectivity index (χ2v) is 4.41. The second-order valence-electron chi connectivity index (χ2n) is 4.41. The zero-order chi connectivity index (χ0) is 8.89. The summed E-state index contributed by atoms with van der Waals surface area (Å²) in [7, 11) is 0. The number of rotatable bonds is 1. The van der Waals surface area contributed by atoms with Gasteiger partial charge in [-0.15, -0.1) is 0 Å². The first-order valence-corrected chi connectivity index (χ1v) is 5.00. The van der Waals surface area contributed by atoms with Crippen molar-refractivity contribution in [2.45, 2.75) is 30.8 Å². The molecule has 13 heavy (non-hydrogen) atoms. The maximum Gasteiger partial charge on any atom is 0.282 e. The number of amidine groups is 1. The van der Waals surface area contributed by atoms with Crippen LogP contribution in [0.3, 0.4) is 0 Å². The highest BCUT2D eigenvalue weighted by Gasteiger charge is 2.46. The van der Waals surface area contributed by atoms with E-state index in [1.807, 2.05) is 0 Å². The lowest BCUT2D eigenvalue weighted by Crippen LogP contribution is -2.33. The Kier molecular flexibility index (Phi) is 1.39. The Hall–Kier alpha value is -0.770. The van der Waals surface area contributed by atoms with Gasteiger partial charge in [0.1, 0.15) is 12.1 Å². The number of nitrogens with zero attached hydrogens (tertiary/aromatic N) is 2. The summed E-state index contributed by atoms with van der Waals surface area (Å²) in [6.45, 7) is 2.92. The van der Waals surface area contributed by atoms with Crippen LogP contribution in [0.2, 0.25) is 0 Å². The number of hydrogen-bond donors (Lipinski definition) is 1. The Balaban J connectivity index is 1.73. The summed E-state index contributed by atoms with van der Waals surface area (Å²) in [6.07, 6.45) is 3.86. The highest BCUT2D eigenvalue weighted by atomic mass is 16.5. The number of nitrogens with two attached hydrogens (primary N) is 1. The van der Waals surface area contributed by atoms with Crippen LogP contribution >= 0.6 is 0 Å². The van der Waals surface area contributed by atoms with E-state index in [0.717, 1.165) is 19.0 Å². The molecule has 0 aromatic rings. The Bertz CT molecular complexity index is 262. The maximum atomic E-state index is 5.54. The van der Waals surface area contributed by atoms with Crippen molar-refractivity contribution in [3.8, 4) is 0 Å². The van der Waals surface area contributed by atoms with Crippen LogP contribution in [-0.2, 0) is 4.74 Å². The summed E-state index contributed by atoms with van der Waals surface area (Å²) in [5.74, 6) is 0. The molecule has 0 bridgehead atoms. The van der Waals surface area contributed by atoms with Crippen LogP contribution in [-0.4, -0.2) is 42.2 Å². The zero-order valence-electron chi connectivity index (χ0n) is 7.70. The minimum absolute atomic E-state index is 0.0205. The van der Waals surface area contributed by atoms with E-state index >= 15 is 0 Å². The molecule has 4 nitrogen and oxygen atoms in total. The average molecular weight is 181 g/mol. The SMILES string of the molecule is NC1=NC2(CCN(C3CC3)C2)CO1. The summed E-state index contributed by atoms with van der Waals surface area (Å²) in [4.78, 5) is 6.94. The lowest BCUT2D eigenvalue weighted by Gasteiger charge is -2.18. The minimum atomic E-state index is 0.0205. The summed E-state index contributed by atoms with van der Waals surface area (Å²) < 4.78 is 5.24. The lowest BCUT2D eigenvalue weighted by molar-refractivity contribution is 0.239. The predicted octanol–water partition coefficient (Wildman–Crippen LogP) is -0.0618. The Morgan fingerprint density at radius 2 is 2.38 bits per heavy atom. The van der Waals surface area contributed by atoms with Gasteiger partial charge in [-0.25, -0.2) is 4.99 Å². The van der Waals surface area contributed by atoms with Crippen LogP contribution in [0.1, 0.15) is 19.3 Å². The molecule has 1 aliphatic carbocycles. The largest absolute Gasteiger partial charge is 0.463 e. The first-order chi connectivity index (χ1) is 6.27. The van der Waals surface area contributed by atoms with E-state index in [2.05, 4.69) is 9.89 Å². The molecule has 0 aromatic carbocycles. The molecule has 1 atom stereocenters. The van der Waals surface area contributed by atoms with Gasteiger partial charge in [0, 0.05) is 19.1 Å². The molecule has 2 fully saturated rings. The summed E-state index contributed by atoms with van der Waals surface area (Å²) in [5.41, 5.74) is 5.56. The highest BCUT2D eigenvalue weighted by Crippen LogP contribution is 2.36. The third kappa shape index (κ3) is 1.20. The highest BCUT2D eigenvalue weighted by molar-refractivity contribution is 5.73. The van der Waals surface area contributed by atoms with E-state index in [1.54, 1.807) is 0 Å².